The molecule has 0 aliphatic carbocycles. The topological polar surface area (TPSA) is 91.8 Å². The van der Waals surface area contributed by atoms with Crippen LogP contribution in [0.2, 0.25) is 0 Å². The second-order valence-electron chi connectivity index (χ2n) is 9.76. The van der Waals surface area contributed by atoms with Gasteiger partial charge < -0.3 is 9.64 Å². The van der Waals surface area contributed by atoms with Crippen molar-refractivity contribution in [2.24, 2.45) is 0 Å². The number of carbonyl (C=O) groups is 1. The number of piperazine rings is 1. The van der Waals surface area contributed by atoms with Gasteiger partial charge in [-0.3, -0.25) is 19.4 Å². The van der Waals surface area contributed by atoms with E-state index in [4.69, 9.17) is 4.74 Å². The fourth-order valence-corrected chi connectivity index (χ4v) is 6.24. The molecule has 1 aliphatic heterocycles. The van der Waals surface area contributed by atoms with Crippen LogP contribution in [-0.2, 0) is 10.0 Å². The fraction of sp³-hybridized carbons (Fsp3) is 0.267. The smallest absolute Gasteiger partial charge is 0.264 e. The van der Waals surface area contributed by atoms with E-state index >= 15 is 0 Å². The van der Waals surface area contributed by atoms with Gasteiger partial charge in [0.15, 0.2) is 0 Å². The fourth-order valence-electron chi connectivity index (χ4n) is 5.01. The van der Waals surface area contributed by atoms with Gasteiger partial charge in [-0.15, -0.1) is 0 Å². The summed E-state index contributed by atoms with van der Waals surface area (Å²) < 4.78 is 34.5. The Hall–Kier alpha value is -3.95. The summed E-state index contributed by atoms with van der Waals surface area (Å²) in [4.78, 5) is 21.9. The van der Waals surface area contributed by atoms with E-state index in [9.17, 15) is 13.2 Å². The third-order valence-corrected chi connectivity index (χ3v) is 8.54. The molecule has 5 rings (SSSR count). The van der Waals surface area contributed by atoms with Crippen molar-refractivity contribution in [3.8, 4) is 5.75 Å². The molecule has 1 aromatic heterocycles. The lowest BCUT2D eigenvalue weighted by atomic mass is 10.0. The summed E-state index contributed by atoms with van der Waals surface area (Å²) in [6.07, 6.45) is 1.56. The van der Waals surface area contributed by atoms with Crippen molar-refractivity contribution in [3.63, 3.8) is 0 Å². The average molecular weight is 545 g/mol. The number of carbonyl (C=O) groups excluding carboxylic acids is 1. The molecule has 0 saturated carbocycles. The highest BCUT2D eigenvalue weighted by Gasteiger charge is 2.26. The van der Waals surface area contributed by atoms with E-state index in [0.29, 0.717) is 41.5 Å². The molecular formula is C30H32N4O4S. The van der Waals surface area contributed by atoms with Crippen molar-refractivity contribution in [2.45, 2.75) is 17.7 Å². The minimum atomic E-state index is -3.92. The van der Waals surface area contributed by atoms with Gasteiger partial charge >= 0.3 is 0 Å². The molecule has 202 valence electrons. The Balaban J connectivity index is 1.26. The molecule has 1 saturated heterocycles. The second-order valence-corrected chi connectivity index (χ2v) is 11.4. The van der Waals surface area contributed by atoms with E-state index in [2.05, 4.69) is 45.8 Å². The highest BCUT2D eigenvalue weighted by atomic mass is 32.2. The number of aromatic nitrogens is 1. The zero-order chi connectivity index (χ0) is 27.4. The van der Waals surface area contributed by atoms with Crippen LogP contribution in [0.15, 0.2) is 90.0 Å². The van der Waals surface area contributed by atoms with E-state index in [1.54, 1.807) is 36.5 Å². The monoisotopic (exact) mass is 544 g/mol. The molecule has 0 bridgehead atoms. The first-order chi connectivity index (χ1) is 18.9. The molecule has 8 nitrogen and oxygen atoms in total. The van der Waals surface area contributed by atoms with Crippen LogP contribution < -0.4 is 9.46 Å². The van der Waals surface area contributed by atoms with Gasteiger partial charge in [0.05, 0.1) is 23.9 Å². The largest absolute Gasteiger partial charge is 0.496 e. The summed E-state index contributed by atoms with van der Waals surface area (Å²) in [7, 11) is -2.45. The van der Waals surface area contributed by atoms with Crippen molar-refractivity contribution in [1.29, 1.82) is 0 Å². The lowest BCUT2D eigenvalue weighted by Gasteiger charge is -2.36. The maximum absolute atomic E-state index is 13.4. The molecule has 2 heterocycles. The Bertz CT molecular complexity index is 1560. The maximum atomic E-state index is 13.4. The van der Waals surface area contributed by atoms with Crippen molar-refractivity contribution in [2.75, 3.05) is 44.6 Å². The van der Waals surface area contributed by atoms with Crippen molar-refractivity contribution in [3.05, 3.63) is 96.2 Å². The number of para-hydroxylation sites is 1. The first-order valence-corrected chi connectivity index (χ1v) is 14.5. The van der Waals surface area contributed by atoms with Gasteiger partial charge in [0, 0.05) is 50.4 Å². The van der Waals surface area contributed by atoms with Crippen LogP contribution in [0.4, 0.5) is 5.69 Å². The molecule has 1 atom stereocenters. The Labute approximate surface area is 229 Å². The quantitative estimate of drug-likeness (QED) is 0.349. The highest BCUT2D eigenvalue weighted by molar-refractivity contribution is 7.93. The first kappa shape index (κ1) is 26.6. The number of hydrogen-bond donors (Lipinski definition) is 1. The summed E-state index contributed by atoms with van der Waals surface area (Å²) in [6, 6.07) is 23.8. The van der Waals surface area contributed by atoms with Crippen LogP contribution in [0, 0.1) is 0 Å². The molecule has 1 aliphatic rings. The van der Waals surface area contributed by atoms with Gasteiger partial charge in [-0.1, -0.05) is 55.5 Å². The molecule has 1 amide bonds. The minimum Gasteiger partial charge on any atom is -0.496 e. The van der Waals surface area contributed by atoms with E-state index in [0.717, 1.165) is 25.0 Å². The van der Waals surface area contributed by atoms with E-state index < -0.39 is 10.0 Å². The maximum Gasteiger partial charge on any atom is 0.264 e. The predicted octanol–water partition coefficient (Wildman–Crippen LogP) is 4.61. The number of amides is 1. The number of rotatable bonds is 8. The zero-order valence-corrected chi connectivity index (χ0v) is 22.9. The van der Waals surface area contributed by atoms with Crippen molar-refractivity contribution >= 4 is 32.5 Å². The Morgan fingerprint density at radius 1 is 0.974 bits per heavy atom. The van der Waals surface area contributed by atoms with Crippen LogP contribution >= 0.6 is 0 Å². The summed E-state index contributed by atoms with van der Waals surface area (Å²) in [6.45, 7) is 5.99. The molecule has 9 heteroatoms. The minimum absolute atomic E-state index is 0.0826. The number of hydrogen-bond acceptors (Lipinski definition) is 6. The Kier molecular flexibility index (Phi) is 7.81. The van der Waals surface area contributed by atoms with Crippen molar-refractivity contribution < 1.29 is 17.9 Å². The summed E-state index contributed by atoms with van der Waals surface area (Å²) in [5.74, 6) is 0.598. The number of nitrogens with zero attached hydrogens (tertiary/aromatic N) is 3. The summed E-state index contributed by atoms with van der Waals surface area (Å²) in [5.41, 5.74) is 2.41. The Morgan fingerprint density at radius 2 is 1.72 bits per heavy atom. The third-order valence-electron chi connectivity index (χ3n) is 7.13. The van der Waals surface area contributed by atoms with E-state index in [-0.39, 0.29) is 10.8 Å². The molecule has 3 aromatic carbocycles. The average Bonchev–Trinajstić information content (AvgIpc) is 2.97. The van der Waals surface area contributed by atoms with Gasteiger partial charge in [0.25, 0.3) is 15.9 Å². The molecule has 39 heavy (non-hydrogen) atoms. The summed E-state index contributed by atoms with van der Waals surface area (Å²) in [5, 5.41) is 0.730. The number of fused-ring (bicyclic) bond motifs is 1. The number of sulfonamides is 1. The van der Waals surface area contributed by atoms with E-state index in [1.807, 2.05) is 23.1 Å². The van der Waals surface area contributed by atoms with Gasteiger partial charge in [-0.2, -0.15) is 0 Å². The highest BCUT2D eigenvalue weighted by Crippen LogP contribution is 2.28. The number of anilines is 1. The second kappa shape index (κ2) is 11.4. The van der Waals surface area contributed by atoms with Gasteiger partial charge in [-0.25, -0.2) is 8.42 Å². The van der Waals surface area contributed by atoms with Crippen LogP contribution in [0.5, 0.6) is 5.75 Å². The molecule has 4 aromatic rings. The standard InChI is InChI=1S/C30H32N4O4S/c1-22(23-8-4-3-5-9-23)21-33-16-18-34(19-17-33)30(35)26-14-13-25(20-27(26)38-2)32-39(36,37)28-12-6-10-24-11-7-15-31-29(24)28/h3-15,20,22,32H,16-19,21H2,1-2H3. The van der Waals surface area contributed by atoms with Crippen LogP contribution in [0.25, 0.3) is 10.9 Å². The predicted molar refractivity (Wildman–Crippen MR) is 153 cm³/mol. The van der Waals surface area contributed by atoms with Crippen LogP contribution in [0.3, 0.4) is 0 Å². The third kappa shape index (κ3) is 5.89. The zero-order valence-electron chi connectivity index (χ0n) is 22.1. The number of pyridine rings is 1. The van der Waals surface area contributed by atoms with E-state index in [1.165, 1.54) is 18.7 Å². The first-order valence-electron chi connectivity index (χ1n) is 13.0. The molecular weight excluding hydrogens is 512 g/mol. The molecule has 1 unspecified atom stereocenters. The van der Waals surface area contributed by atoms with Gasteiger partial charge in [-0.05, 0) is 35.7 Å². The SMILES string of the molecule is COc1cc(NS(=O)(=O)c2cccc3cccnc23)ccc1C(=O)N1CCN(CC(C)c2ccccc2)CC1. The number of nitrogens with one attached hydrogen (secondary N) is 1. The lowest BCUT2D eigenvalue weighted by Crippen LogP contribution is -2.49. The number of ether oxygens (including phenoxy) is 1. The van der Waals surface area contributed by atoms with Gasteiger partial charge in [0.1, 0.15) is 10.6 Å². The van der Waals surface area contributed by atoms with Gasteiger partial charge in [0.2, 0.25) is 0 Å². The molecule has 1 N–H and O–H groups in total. The lowest BCUT2D eigenvalue weighted by molar-refractivity contribution is 0.0628. The number of methoxy groups -OCH3 is 1. The van der Waals surface area contributed by atoms with Crippen LogP contribution in [0.1, 0.15) is 28.8 Å². The van der Waals surface area contributed by atoms with Crippen molar-refractivity contribution in [1.82, 2.24) is 14.8 Å². The van der Waals surface area contributed by atoms with Crippen LogP contribution in [-0.4, -0.2) is 68.9 Å². The molecule has 0 spiro atoms. The normalized spacial score (nSPS) is 15.2. The Morgan fingerprint density at radius 3 is 2.46 bits per heavy atom. The molecule has 0 radical (unpaired) electrons. The number of benzene rings is 3. The molecule has 1 fully saturated rings. The summed E-state index contributed by atoms with van der Waals surface area (Å²) >= 11 is 0.